The third-order valence-electron chi connectivity index (χ3n) is 2.69. The van der Waals surface area contributed by atoms with Crippen molar-refractivity contribution in [2.24, 2.45) is 0 Å². The summed E-state index contributed by atoms with van der Waals surface area (Å²) in [4.78, 5) is 0. The molecule has 1 aromatic carbocycles. The molecular weight excluding hydrogens is 360 g/mol. The monoisotopic (exact) mass is 372 g/mol. The fraction of sp³-hybridized carbons (Fsp3) is 0.500. The first kappa shape index (κ1) is 13.9. The van der Waals surface area contributed by atoms with Gasteiger partial charge >= 0.3 is 6.36 Å². The molecule has 2 atom stereocenters. The van der Waals surface area contributed by atoms with Crippen LogP contribution in [0.4, 0.5) is 13.2 Å². The van der Waals surface area contributed by atoms with Crippen LogP contribution < -0.4 is 4.74 Å². The molecule has 0 N–H and O–H groups in total. The Hall–Kier alpha value is -0.500. The van der Waals surface area contributed by atoms with Crippen molar-refractivity contribution >= 4 is 22.6 Å². The maximum absolute atomic E-state index is 12.0. The molecule has 100 valence electrons. The highest BCUT2D eigenvalue weighted by molar-refractivity contribution is 14.1. The standard InChI is InChI=1S/C12H12F3IO2/c13-12(14,15)18-9-6-4-8(5-7-9)10-2-1-3-11(16)17-10/h4-7,10-11H,1-3H2/t10-,11+/m0/s1. The van der Waals surface area contributed by atoms with Crippen LogP contribution in [0.2, 0.25) is 0 Å². The van der Waals surface area contributed by atoms with Crippen LogP contribution in [-0.4, -0.2) is 10.5 Å². The quantitative estimate of drug-likeness (QED) is 0.559. The third kappa shape index (κ3) is 4.01. The van der Waals surface area contributed by atoms with Crippen LogP contribution in [0.5, 0.6) is 5.75 Å². The van der Waals surface area contributed by atoms with Gasteiger partial charge in [-0.15, -0.1) is 13.2 Å². The second-order valence-corrected chi connectivity index (χ2v) is 5.47. The molecule has 0 bridgehead atoms. The summed E-state index contributed by atoms with van der Waals surface area (Å²) in [6.07, 6.45) is -1.68. The Kier molecular flexibility index (Phi) is 4.37. The highest BCUT2D eigenvalue weighted by atomic mass is 127. The van der Waals surface area contributed by atoms with E-state index in [1.165, 1.54) is 12.1 Å². The summed E-state index contributed by atoms with van der Waals surface area (Å²) >= 11 is 2.23. The van der Waals surface area contributed by atoms with Gasteiger partial charge in [-0.3, -0.25) is 0 Å². The topological polar surface area (TPSA) is 18.5 Å². The zero-order chi connectivity index (χ0) is 13.2. The number of hydrogen-bond acceptors (Lipinski definition) is 2. The minimum Gasteiger partial charge on any atom is -0.406 e. The second kappa shape index (κ2) is 5.64. The Labute approximate surface area is 117 Å². The largest absolute Gasteiger partial charge is 0.573 e. The van der Waals surface area contributed by atoms with Gasteiger partial charge in [-0.2, -0.15) is 0 Å². The van der Waals surface area contributed by atoms with Crippen LogP contribution >= 0.6 is 22.6 Å². The first-order valence-electron chi connectivity index (χ1n) is 5.59. The van der Waals surface area contributed by atoms with Crippen molar-refractivity contribution in [1.82, 2.24) is 0 Å². The van der Waals surface area contributed by atoms with Crippen LogP contribution in [0, 0.1) is 0 Å². The predicted octanol–water partition coefficient (Wildman–Crippen LogP) is 4.59. The van der Waals surface area contributed by atoms with Gasteiger partial charge in [-0.05, 0) is 37.0 Å². The Morgan fingerprint density at radius 3 is 2.39 bits per heavy atom. The van der Waals surface area contributed by atoms with Crippen LogP contribution in [0.1, 0.15) is 30.9 Å². The molecule has 2 rings (SSSR count). The molecule has 1 aliphatic heterocycles. The van der Waals surface area contributed by atoms with Gasteiger partial charge in [0, 0.05) is 0 Å². The van der Waals surface area contributed by atoms with Crippen LogP contribution in [-0.2, 0) is 4.74 Å². The van der Waals surface area contributed by atoms with Crippen molar-refractivity contribution in [2.45, 2.75) is 35.8 Å². The smallest absolute Gasteiger partial charge is 0.406 e. The summed E-state index contributed by atoms with van der Waals surface area (Å²) in [5.74, 6) is -0.201. The van der Waals surface area contributed by atoms with Crippen molar-refractivity contribution in [2.75, 3.05) is 0 Å². The Morgan fingerprint density at radius 1 is 1.17 bits per heavy atom. The lowest BCUT2D eigenvalue weighted by Gasteiger charge is -2.27. The third-order valence-corrected chi connectivity index (χ3v) is 3.61. The number of benzene rings is 1. The number of rotatable bonds is 2. The lowest BCUT2D eigenvalue weighted by molar-refractivity contribution is -0.274. The molecule has 18 heavy (non-hydrogen) atoms. The van der Waals surface area contributed by atoms with Crippen LogP contribution in [0.15, 0.2) is 24.3 Å². The average molecular weight is 372 g/mol. The SMILES string of the molecule is FC(F)(F)Oc1ccc([C@@H]2CCC[C@H](I)O2)cc1. The number of ether oxygens (including phenoxy) is 2. The molecule has 1 heterocycles. The van der Waals surface area contributed by atoms with Crippen molar-refractivity contribution in [3.63, 3.8) is 0 Å². The van der Waals surface area contributed by atoms with Gasteiger partial charge in [0.25, 0.3) is 0 Å². The van der Waals surface area contributed by atoms with E-state index in [0.717, 1.165) is 24.8 Å². The molecular formula is C12H12F3IO2. The predicted molar refractivity (Wildman–Crippen MR) is 68.6 cm³/mol. The molecule has 0 saturated carbocycles. The molecule has 0 unspecified atom stereocenters. The summed E-state index contributed by atoms with van der Waals surface area (Å²) in [7, 11) is 0. The van der Waals surface area contributed by atoms with Crippen LogP contribution in [0.3, 0.4) is 0 Å². The summed E-state index contributed by atoms with van der Waals surface area (Å²) in [6.45, 7) is 0. The molecule has 0 radical (unpaired) electrons. The molecule has 0 amide bonds. The normalized spacial score (nSPS) is 24.9. The molecule has 0 spiro atoms. The van der Waals surface area contributed by atoms with Crippen molar-refractivity contribution in [3.05, 3.63) is 29.8 Å². The van der Waals surface area contributed by atoms with E-state index in [1.54, 1.807) is 12.1 Å². The summed E-state index contributed by atoms with van der Waals surface area (Å²) < 4.78 is 45.7. The highest BCUT2D eigenvalue weighted by Gasteiger charge is 2.31. The zero-order valence-corrected chi connectivity index (χ0v) is 11.6. The summed E-state index contributed by atoms with van der Waals surface area (Å²) in [5, 5.41) is 0. The molecule has 1 aromatic rings. The molecule has 1 fully saturated rings. The highest BCUT2D eigenvalue weighted by Crippen LogP contribution is 2.34. The van der Waals surface area contributed by atoms with Crippen molar-refractivity contribution in [3.8, 4) is 5.75 Å². The first-order valence-corrected chi connectivity index (χ1v) is 6.84. The number of halogens is 4. The Bertz CT molecular complexity index is 391. The molecule has 0 aliphatic carbocycles. The lowest BCUT2D eigenvalue weighted by Crippen LogP contribution is -2.18. The number of alkyl halides is 4. The summed E-state index contributed by atoms with van der Waals surface area (Å²) in [5.41, 5.74) is 0.894. The van der Waals surface area contributed by atoms with Gasteiger partial charge in [-0.25, -0.2) is 0 Å². The van der Waals surface area contributed by atoms with E-state index < -0.39 is 6.36 Å². The Morgan fingerprint density at radius 2 is 1.83 bits per heavy atom. The summed E-state index contributed by atoms with van der Waals surface area (Å²) in [6, 6.07) is 5.90. The molecule has 1 saturated heterocycles. The lowest BCUT2D eigenvalue weighted by atomic mass is 10.0. The second-order valence-electron chi connectivity index (χ2n) is 4.08. The Balaban J connectivity index is 2.03. The fourth-order valence-electron chi connectivity index (χ4n) is 1.91. The molecule has 6 heteroatoms. The van der Waals surface area contributed by atoms with Gasteiger partial charge in [0.05, 0.1) is 6.10 Å². The zero-order valence-electron chi connectivity index (χ0n) is 9.41. The van der Waals surface area contributed by atoms with Gasteiger partial charge in [0.15, 0.2) is 0 Å². The van der Waals surface area contributed by atoms with E-state index in [9.17, 15) is 13.2 Å². The molecule has 0 aromatic heterocycles. The van der Waals surface area contributed by atoms with Gasteiger partial charge in [0.1, 0.15) is 9.86 Å². The van der Waals surface area contributed by atoms with Gasteiger partial charge < -0.3 is 9.47 Å². The molecule has 2 nitrogen and oxygen atoms in total. The van der Waals surface area contributed by atoms with Crippen LogP contribution in [0.25, 0.3) is 0 Å². The first-order chi connectivity index (χ1) is 8.44. The average Bonchev–Trinajstić information content (AvgIpc) is 2.28. The minimum atomic E-state index is -4.64. The molecule has 1 aliphatic rings. The van der Waals surface area contributed by atoms with Crippen molar-refractivity contribution in [1.29, 1.82) is 0 Å². The van der Waals surface area contributed by atoms with Gasteiger partial charge in [-0.1, -0.05) is 34.7 Å². The number of hydrogen-bond donors (Lipinski definition) is 0. The van der Waals surface area contributed by atoms with Crippen molar-refractivity contribution < 1.29 is 22.6 Å². The van der Waals surface area contributed by atoms with Gasteiger partial charge in [0.2, 0.25) is 0 Å². The van der Waals surface area contributed by atoms with E-state index in [-0.39, 0.29) is 16.0 Å². The van der Waals surface area contributed by atoms with E-state index in [2.05, 4.69) is 27.3 Å². The van der Waals surface area contributed by atoms with E-state index in [4.69, 9.17) is 4.74 Å². The fourth-order valence-corrected chi connectivity index (χ4v) is 2.70. The maximum Gasteiger partial charge on any atom is 0.573 e. The van der Waals surface area contributed by atoms with E-state index in [0.29, 0.717) is 0 Å². The maximum atomic E-state index is 12.0. The minimum absolute atomic E-state index is 0.0272. The van der Waals surface area contributed by atoms with E-state index in [1.807, 2.05) is 0 Å². The van der Waals surface area contributed by atoms with E-state index >= 15 is 0 Å².